The molecule has 0 spiro atoms. The molecule has 0 aliphatic heterocycles. The predicted octanol–water partition coefficient (Wildman–Crippen LogP) is 7.04. The van der Waals surface area contributed by atoms with Crippen LogP contribution in [-0.4, -0.2) is 10.4 Å². The summed E-state index contributed by atoms with van der Waals surface area (Å²) in [7, 11) is 0. The molecule has 3 aromatic carbocycles. The first-order valence-corrected chi connectivity index (χ1v) is 15.8. The van der Waals surface area contributed by atoms with Crippen molar-refractivity contribution in [3.63, 3.8) is 0 Å². The number of nitrogens with zero attached hydrogens (tertiary/aromatic N) is 1. The molecule has 1 nitrogen and oxygen atoms in total. The summed E-state index contributed by atoms with van der Waals surface area (Å²) in [6, 6.07) is 20.9. The Morgan fingerprint density at radius 3 is 1.93 bits per heavy atom. The van der Waals surface area contributed by atoms with Crippen LogP contribution in [0.1, 0.15) is 22.3 Å². The number of benzene rings is 1. The Hall–Kier alpha value is -1.57. The standard InChI is InChI=1S/C14H10N.C9H13.C2H6Si.Zr/c1-2-6-12-11(5-1)8-9-13(12)14-7-3-4-10-15-14;1-6-5-7(2)9(4)8(6)3;1-3-2;/h1-10H;5H,1-4H3;1-2H3;/q2*-1;;+2. The van der Waals surface area contributed by atoms with Gasteiger partial charge in [0.2, 0.25) is 0 Å². The van der Waals surface area contributed by atoms with Gasteiger partial charge in [0, 0.05) is 11.9 Å². The normalized spacial score (nSPS) is 10.0. The first-order chi connectivity index (χ1) is 13.3. The van der Waals surface area contributed by atoms with Crippen molar-refractivity contribution in [2.45, 2.75) is 40.8 Å². The Labute approximate surface area is 184 Å². The van der Waals surface area contributed by atoms with E-state index in [1.807, 2.05) is 24.4 Å². The monoisotopic (exact) mass is 461 g/mol. The van der Waals surface area contributed by atoms with E-state index in [-0.39, 0.29) is 5.43 Å². The molecule has 0 atom stereocenters. The maximum atomic E-state index is 4.37. The first kappa shape index (κ1) is 22.7. The molecule has 0 saturated carbocycles. The van der Waals surface area contributed by atoms with Gasteiger partial charge in [-0.05, 0) is 12.1 Å². The van der Waals surface area contributed by atoms with Crippen LogP contribution in [0.15, 0.2) is 66.9 Å². The zero-order valence-electron chi connectivity index (χ0n) is 17.8. The number of hydrogen-bond acceptors (Lipinski definition) is 1. The molecular weight excluding hydrogens is 434 g/mol. The van der Waals surface area contributed by atoms with Crippen LogP contribution in [0.3, 0.4) is 0 Å². The van der Waals surface area contributed by atoms with Crippen LogP contribution in [0.5, 0.6) is 0 Å². The predicted molar refractivity (Wildman–Crippen MR) is 121 cm³/mol. The number of hydrogen-bond donors (Lipinski definition) is 0. The van der Waals surface area contributed by atoms with Crippen molar-refractivity contribution in [3.8, 4) is 11.3 Å². The number of aromatic nitrogens is 1. The van der Waals surface area contributed by atoms with Crippen molar-refractivity contribution in [1.82, 2.24) is 4.98 Å². The Kier molecular flexibility index (Phi) is 8.79. The number of aryl methyl sites for hydroxylation is 2. The summed E-state index contributed by atoms with van der Waals surface area (Å²) in [5.41, 5.74) is 8.21. The SMILES string of the molecule is C[Si](C)=[Zr+2].Cc1[cH-]c(C)c(C)c1C.c1ccc(-c2c[cH-]c3ccccc23)nc1. The molecule has 0 fully saturated rings. The third kappa shape index (κ3) is 6.22. The molecule has 0 amide bonds. The molecule has 28 heavy (non-hydrogen) atoms. The van der Waals surface area contributed by atoms with E-state index in [0.717, 1.165) is 5.69 Å². The summed E-state index contributed by atoms with van der Waals surface area (Å²) in [4.78, 5) is 4.37. The third-order valence-corrected chi connectivity index (χ3v) is 4.80. The van der Waals surface area contributed by atoms with Gasteiger partial charge in [-0.3, -0.25) is 4.98 Å². The second-order valence-electron chi connectivity index (χ2n) is 7.31. The minimum atomic E-state index is 0.210. The van der Waals surface area contributed by atoms with E-state index in [2.05, 4.69) is 88.2 Å². The summed E-state index contributed by atoms with van der Waals surface area (Å²) in [5, 5.41) is 2.55. The minimum Gasteiger partial charge on any atom is -0.267 e. The molecule has 0 saturated heterocycles. The van der Waals surface area contributed by atoms with Gasteiger partial charge in [-0.1, -0.05) is 39.8 Å². The Balaban J connectivity index is 0.000000184. The van der Waals surface area contributed by atoms with Gasteiger partial charge in [0.15, 0.2) is 0 Å². The topological polar surface area (TPSA) is 12.9 Å². The Morgan fingerprint density at radius 2 is 1.43 bits per heavy atom. The zero-order chi connectivity index (χ0) is 20.7. The molecule has 0 aliphatic rings. The molecule has 1 heterocycles. The number of fused-ring (bicyclic) bond motifs is 1. The molecule has 4 rings (SSSR count). The van der Waals surface area contributed by atoms with E-state index < -0.39 is 0 Å². The van der Waals surface area contributed by atoms with E-state index in [1.54, 1.807) is 23.3 Å². The molecule has 4 aromatic rings. The first-order valence-electron chi connectivity index (χ1n) is 9.59. The van der Waals surface area contributed by atoms with Gasteiger partial charge >= 0.3 is 41.9 Å². The molecule has 0 unspecified atom stereocenters. The zero-order valence-corrected chi connectivity index (χ0v) is 21.3. The third-order valence-electron chi connectivity index (χ3n) is 4.80. The van der Waals surface area contributed by atoms with E-state index >= 15 is 0 Å². The summed E-state index contributed by atoms with van der Waals surface area (Å²) >= 11 is 1.74. The van der Waals surface area contributed by atoms with Crippen molar-refractivity contribution in [2.75, 3.05) is 0 Å². The average Bonchev–Trinajstić information content (AvgIpc) is 3.20. The summed E-state index contributed by atoms with van der Waals surface area (Å²) in [6.07, 6.45) is 1.83. The molecule has 3 heteroatoms. The molecule has 0 aliphatic carbocycles. The van der Waals surface area contributed by atoms with Crippen LogP contribution < -0.4 is 0 Å². The van der Waals surface area contributed by atoms with Gasteiger partial charge in [-0.15, -0.1) is 46.7 Å². The molecular formula is C25H29NSiZr. The Morgan fingerprint density at radius 1 is 0.857 bits per heavy atom. The van der Waals surface area contributed by atoms with Crippen molar-refractivity contribution in [3.05, 3.63) is 89.1 Å². The van der Waals surface area contributed by atoms with Crippen LogP contribution in [0.2, 0.25) is 13.1 Å². The number of rotatable bonds is 1. The van der Waals surface area contributed by atoms with Crippen LogP contribution in [0.25, 0.3) is 22.0 Å². The molecule has 0 bridgehead atoms. The Bertz CT molecular complexity index is 1010. The summed E-state index contributed by atoms with van der Waals surface area (Å²) in [5.74, 6) is 0. The summed E-state index contributed by atoms with van der Waals surface area (Å²) < 4.78 is 0. The van der Waals surface area contributed by atoms with Gasteiger partial charge in [-0.2, -0.15) is 28.3 Å². The molecule has 0 N–H and O–H groups in total. The van der Waals surface area contributed by atoms with Crippen LogP contribution >= 0.6 is 0 Å². The van der Waals surface area contributed by atoms with Crippen LogP contribution in [0.4, 0.5) is 0 Å². The van der Waals surface area contributed by atoms with Gasteiger partial charge in [0.1, 0.15) is 0 Å². The largest absolute Gasteiger partial charge is 0.267 e. The van der Waals surface area contributed by atoms with Crippen LogP contribution in [-0.2, 0) is 23.3 Å². The van der Waals surface area contributed by atoms with Crippen molar-refractivity contribution in [2.24, 2.45) is 0 Å². The molecule has 1 aromatic heterocycles. The summed E-state index contributed by atoms with van der Waals surface area (Å²) in [6.45, 7) is 13.3. The van der Waals surface area contributed by atoms with Crippen molar-refractivity contribution in [1.29, 1.82) is 0 Å². The number of pyridine rings is 1. The van der Waals surface area contributed by atoms with E-state index in [4.69, 9.17) is 0 Å². The maximum absolute atomic E-state index is 4.37. The molecule has 0 radical (unpaired) electrons. The van der Waals surface area contributed by atoms with Gasteiger partial charge in [0.05, 0.1) is 0 Å². The van der Waals surface area contributed by atoms with Crippen LogP contribution in [0, 0.1) is 27.7 Å². The van der Waals surface area contributed by atoms with Gasteiger partial charge in [-0.25, -0.2) is 0 Å². The van der Waals surface area contributed by atoms with Gasteiger partial charge < -0.3 is 0 Å². The van der Waals surface area contributed by atoms with E-state index in [0.29, 0.717) is 0 Å². The minimum absolute atomic E-state index is 0.210. The fraction of sp³-hybridized carbons (Fsp3) is 0.240. The second kappa shape index (κ2) is 10.8. The fourth-order valence-corrected chi connectivity index (χ4v) is 3.03. The van der Waals surface area contributed by atoms with E-state index in [1.165, 1.54) is 38.6 Å². The smallest absolute Gasteiger partial charge is 0.0265 e. The average molecular weight is 463 g/mol. The van der Waals surface area contributed by atoms with Crippen molar-refractivity contribution < 1.29 is 23.3 Å². The fourth-order valence-electron chi connectivity index (χ4n) is 3.03. The maximum Gasteiger partial charge on any atom is 0.0265 e. The molecule has 142 valence electrons. The second-order valence-corrected chi connectivity index (χ2v) is 16.7. The van der Waals surface area contributed by atoms with E-state index in [9.17, 15) is 0 Å². The van der Waals surface area contributed by atoms with Crippen molar-refractivity contribution >= 4 is 16.2 Å². The quantitative estimate of drug-likeness (QED) is 0.218. The van der Waals surface area contributed by atoms with Gasteiger partial charge in [0.25, 0.3) is 0 Å².